The second kappa shape index (κ2) is 11.9. The van der Waals surface area contributed by atoms with Gasteiger partial charge in [0.25, 0.3) is 5.91 Å². The van der Waals surface area contributed by atoms with Crippen molar-refractivity contribution < 1.29 is 14.3 Å². The molecule has 3 aromatic rings. The number of ether oxygens (including phenoxy) is 1. The maximum Gasteiger partial charge on any atom is 0.275 e. The molecule has 3 aromatic heterocycles. The van der Waals surface area contributed by atoms with Gasteiger partial charge >= 0.3 is 0 Å². The average Bonchev–Trinajstić information content (AvgIpc) is 3.57. The molecule has 1 saturated heterocycles. The lowest BCUT2D eigenvalue weighted by Crippen LogP contribution is -2.32. The van der Waals surface area contributed by atoms with Crippen LogP contribution in [0, 0.1) is 0 Å². The molecule has 1 amide bonds. The van der Waals surface area contributed by atoms with Crippen molar-refractivity contribution in [1.29, 1.82) is 0 Å². The molecular formula is C26H33N7O3S. The number of piperidine rings is 1. The lowest BCUT2D eigenvalue weighted by atomic mass is 10.1. The summed E-state index contributed by atoms with van der Waals surface area (Å²) in [6.07, 6.45) is 8.12. The van der Waals surface area contributed by atoms with E-state index < -0.39 is 0 Å². The van der Waals surface area contributed by atoms with Crippen LogP contribution in [0.3, 0.4) is 0 Å². The van der Waals surface area contributed by atoms with E-state index in [1.165, 1.54) is 30.6 Å². The Balaban J connectivity index is 1.38. The number of likely N-dealkylation sites (N-methyl/N-ethyl adjacent to an activating group) is 1. The Morgan fingerprint density at radius 2 is 1.95 bits per heavy atom. The molecule has 37 heavy (non-hydrogen) atoms. The normalized spacial score (nSPS) is 18.1. The third-order valence-corrected chi connectivity index (χ3v) is 7.64. The summed E-state index contributed by atoms with van der Waals surface area (Å²) in [6.45, 7) is 5.40. The van der Waals surface area contributed by atoms with E-state index in [-0.39, 0.29) is 11.7 Å². The van der Waals surface area contributed by atoms with Crippen LogP contribution in [0.15, 0.2) is 29.9 Å². The number of carbonyl (C=O) groups is 2. The van der Waals surface area contributed by atoms with Gasteiger partial charge < -0.3 is 19.9 Å². The number of nitrogens with zero attached hydrogens (tertiary/aromatic N) is 6. The Bertz CT molecular complexity index is 1230. The summed E-state index contributed by atoms with van der Waals surface area (Å²) in [4.78, 5) is 39.7. The van der Waals surface area contributed by atoms with Crippen molar-refractivity contribution in [2.45, 2.75) is 38.6 Å². The van der Waals surface area contributed by atoms with Gasteiger partial charge in [-0.3, -0.25) is 14.3 Å². The molecule has 0 saturated carbocycles. The molecule has 11 heteroatoms. The SMILES string of the molecule is CN1CCOCCCC(=O)c2nn(CCN3CCCCC3)cc2NC(=O)c2csc(n2)-c2ccnc1c2. The fourth-order valence-electron chi connectivity index (χ4n) is 4.59. The Labute approximate surface area is 220 Å². The molecule has 10 nitrogen and oxygen atoms in total. The van der Waals surface area contributed by atoms with Gasteiger partial charge in [-0.1, -0.05) is 6.42 Å². The molecule has 0 spiro atoms. The lowest BCUT2D eigenvalue weighted by Gasteiger charge is -2.26. The molecule has 1 fully saturated rings. The number of hydrogen-bond acceptors (Lipinski definition) is 9. The Morgan fingerprint density at radius 1 is 1.08 bits per heavy atom. The summed E-state index contributed by atoms with van der Waals surface area (Å²) in [5.74, 6) is 0.343. The number of anilines is 2. The molecule has 5 heterocycles. The van der Waals surface area contributed by atoms with Crippen LogP contribution in [0.5, 0.6) is 0 Å². The first kappa shape index (κ1) is 25.5. The maximum atomic E-state index is 13.1. The first-order chi connectivity index (χ1) is 18.1. The number of thiazole rings is 1. The molecule has 0 aliphatic carbocycles. The zero-order valence-electron chi connectivity index (χ0n) is 21.2. The van der Waals surface area contributed by atoms with Crippen molar-refractivity contribution in [3.05, 3.63) is 41.3 Å². The third-order valence-electron chi connectivity index (χ3n) is 6.75. The van der Waals surface area contributed by atoms with Crippen molar-refractivity contribution in [2.75, 3.05) is 56.7 Å². The molecule has 0 atom stereocenters. The lowest BCUT2D eigenvalue weighted by molar-refractivity contribution is 0.0938. The third kappa shape index (κ3) is 6.41. The van der Waals surface area contributed by atoms with E-state index in [2.05, 4.69) is 25.3 Å². The molecule has 0 aromatic carbocycles. The quantitative estimate of drug-likeness (QED) is 0.556. The topological polar surface area (TPSA) is 105 Å². The van der Waals surface area contributed by atoms with E-state index in [9.17, 15) is 9.59 Å². The Hall–Kier alpha value is -3.15. The maximum absolute atomic E-state index is 13.1. The summed E-state index contributed by atoms with van der Waals surface area (Å²) in [6, 6.07) is 3.85. The summed E-state index contributed by atoms with van der Waals surface area (Å²) >= 11 is 1.40. The molecule has 1 N–H and O–H groups in total. The Kier molecular flexibility index (Phi) is 8.22. The number of fused-ring (bicyclic) bond motifs is 6. The first-order valence-corrected chi connectivity index (χ1v) is 13.8. The van der Waals surface area contributed by atoms with Gasteiger partial charge in [0, 0.05) is 56.5 Å². The molecule has 5 rings (SSSR count). The summed E-state index contributed by atoms with van der Waals surface area (Å²) in [5, 5.41) is 9.94. The number of Topliss-reactive ketones (excluding diaryl/α,β-unsaturated/α-hetero) is 1. The highest BCUT2D eigenvalue weighted by Gasteiger charge is 2.21. The predicted octanol–water partition coefficient (Wildman–Crippen LogP) is 3.57. The molecule has 0 unspecified atom stereocenters. The fraction of sp³-hybridized carbons (Fsp3) is 0.500. The number of carbonyl (C=O) groups excluding carboxylic acids is 2. The van der Waals surface area contributed by atoms with Gasteiger partial charge in [0.15, 0.2) is 11.5 Å². The fourth-order valence-corrected chi connectivity index (χ4v) is 5.39. The molecule has 2 aliphatic rings. The summed E-state index contributed by atoms with van der Waals surface area (Å²) in [5.41, 5.74) is 1.92. The minimum absolute atomic E-state index is 0.105. The molecule has 196 valence electrons. The minimum atomic E-state index is -0.358. The molecule has 2 aliphatic heterocycles. The number of amides is 1. The van der Waals surface area contributed by atoms with Gasteiger partial charge in [-0.15, -0.1) is 11.3 Å². The van der Waals surface area contributed by atoms with Crippen LogP contribution in [-0.2, 0) is 11.3 Å². The van der Waals surface area contributed by atoms with E-state index in [0.717, 1.165) is 36.0 Å². The largest absolute Gasteiger partial charge is 0.380 e. The van der Waals surface area contributed by atoms with Crippen LogP contribution in [0.25, 0.3) is 10.6 Å². The highest BCUT2D eigenvalue weighted by molar-refractivity contribution is 7.13. The van der Waals surface area contributed by atoms with Crippen molar-refractivity contribution in [1.82, 2.24) is 24.6 Å². The number of aromatic nitrogens is 4. The Morgan fingerprint density at radius 3 is 2.81 bits per heavy atom. The van der Waals surface area contributed by atoms with Crippen LogP contribution >= 0.6 is 11.3 Å². The van der Waals surface area contributed by atoms with Gasteiger partial charge in [0.2, 0.25) is 0 Å². The second-order valence-electron chi connectivity index (χ2n) is 9.51. The van der Waals surface area contributed by atoms with Crippen molar-refractivity contribution >= 4 is 34.5 Å². The zero-order chi connectivity index (χ0) is 25.6. The smallest absolute Gasteiger partial charge is 0.275 e. The average molecular weight is 524 g/mol. The molecular weight excluding hydrogens is 490 g/mol. The number of pyridine rings is 1. The minimum Gasteiger partial charge on any atom is -0.380 e. The summed E-state index contributed by atoms with van der Waals surface area (Å²) < 4.78 is 7.55. The number of ketones is 1. The van der Waals surface area contributed by atoms with E-state index in [4.69, 9.17) is 4.74 Å². The molecule has 0 radical (unpaired) electrons. The van der Waals surface area contributed by atoms with Gasteiger partial charge in [-0.2, -0.15) is 5.10 Å². The standard InChI is InChI=1S/C26H33N7O3S/c1-31-13-15-36-14-5-6-22(34)24-20(17-33(30-24)12-11-32-9-3-2-4-10-32)28-25(35)21-18-37-26(29-21)19-7-8-27-23(31)16-19/h7-8,16-18H,2-6,9-15H2,1H3,(H,28,35). The van der Waals surface area contributed by atoms with E-state index in [0.29, 0.717) is 56.2 Å². The van der Waals surface area contributed by atoms with Gasteiger partial charge in [-0.25, -0.2) is 9.97 Å². The zero-order valence-corrected chi connectivity index (χ0v) is 22.0. The monoisotopic (exact) mass is 523 g/mol. The van der Waals surface area contributed by atoms with Crippen LogP contribution in [-0.4, -0.2) is 82.8 Å². The van der Waals surface area contributed by atoms with Gasteiger partial charge in [0.05, 0.1) is 18.8 Å². The second-order valence-corrected chi connectivity index (χ2v) is 10.4. The number of nitrogens with one attached hydrogen (secondary N) is 1. The highest BCUT2D eigenvalue weighted by atomic mass is 32.1. The van der Waals surface area contributed by atoms with E-state index in [1.807, 2.05) is 24.1 Å². The van der Waals surface area contributed by atoms with Gasteiger partial charge in [-0.05, 0) is 44.5 Å². The van der Waals surface area contributed by atoms with Crippen LogP contribution < -0.4 is 10.2 Å². The number of likely N-dealkylation sites (tertiary alicyclic amines) is 1. The highest BCUT2D eigenvalue weighted by Crippen LogP contribution is 2.27. The van der Waals surface area contributed by atoms with Crippen LogP contribution in [0.2, 0.25) is 0 Å². The predicted molar refractivity (Wildman–Crippen MR) is 143 cm³/mol. The number of rotatable bonds is 3. The van der Waals surface area contributed by atoms with Crippen LogP contribution in [0.1, 0.15) is 53.1 Å². The summed E-state index contributed by atoms with van der Waals surface area (Å²) in [7, 11) is 1.96. The van der Waals surface area contributed by atoms with Crippen molar-refractivity contribution in [2.24, 2.45) is 0 Å². The van der Waals surface area contributed by atoms with E-state index in [1.54, 1.807) is 22.5 Å². The van der Waals surface area contributed by atoms with Crippen molar-refractivity contribution in [3.63, 3.8) is 0 Å². The van der Waals surface area contributed by atoms with Crippen LogP contribution in [0.4, 0.5) is 11.5 Å². The van der Waals surface area contributed by atoms with E-state index >= 15 is 0 Å². The van der Waals surface area contributed by atoms with Gasteiger partial charge in [0.1, 0.15) is 16.5 Å². The number of hydrogen-bond donors (Lipinski definition) is 1. The van der Waals surface area contributed by atoms with Crippen molar-refractivity contribution in [3.8, 4) is 10.6 Å². The first-order valence-electron chi connectivity index (χ1n) is 12.9. The molecule has 4 bridgehead atoms.